The van der Waals surface area contributed by atoms with E-state index in [9.17, 15) is 14.4 Å². The molecule has 0 aromatic heterocycles. The van der Waals surface area contributed by atoms with E-state index in [0.29, 0.717) is 28.3 Å². The SMILES string of the molecule is COC(=O)c1ccc(/C=C/C(=O)OCC(=O)Nc2ccc3c(c2)OCO3)cc1. The summed E-state index contributed by atoms with van der Waals surface area (Å²) in [4.78, 5) is 35.0. The molecule has 0 atom stereocenters. The van der Waals surface area contributed by atoms with Crippen molar-refractivity contribution in [3.63, 3.8) is 0 Å². The molecule has 3 rings (SSSR count). The van der Waals surface area contributed by atoms with Crippen molar-refractivity contribution in [1.82, 2.24) is 0 Å². The molecule has 2 aromatic carbocycles. The number of anilines is 1. The van der Waals surface area contributed by atoms with Gasteiger partial charge in [-0.15, -0.1) is 0 Å². The number of benzene rings is 2. The highest BCUT2D eigenvalue weighted by molar-refractivity contribution is 5.95. The first kappa shape index (κ1) is 19.0. The Balaban J connectivity index is 1.46. The minimum absolute atomic E-state index is 0.141. The molecule has 2 aromatic rings. The number of ether oxygens (including phenoxy) is 4. The van der Waals surface area contributed by atoms with Crippen molar-refractivity contribution >= 4 is 29.6 Å². The summed E-state index contributed by atoms with van der Waals surface area (Å²) in [5.41, 5.74) is 1.60. The van der Waals surface area contributed by atoms with Crippen LogP contribution < -0.4 is 14.8 Å². The Morgan fingerprint density at radius 2 is 1.82 bits per heavy atom. The Labute approximate surface area is 160 Å². The number of carbonyl (C=O) groups is 3. The molecule has 0 unspecified atom stereocenters. The molecular weight excluding hydrogens is 366 g/mol. The van der Waals surface area contributed by atoms with Gasteiger partial charge in [0.2, 0.25) is 6.79 Å². The largest absolute Gasteiger partial charge is 0.465 e. The highest BCUT2D eigenvalue weighted by Crippen LogP contribution is 2.34. The number of nitrogens with one attached hydrogen (secondary N) is 1. The number of fused-ring (bicyclic) bond motifs is 1. The first-order valence-electron chi connectivity index (χ1n) is 8.28. The number of hydrogen-bond acceptors (Lipinski definition) is 7. The number of methoxy groups -OCH3 is 1. The van der Waals surface area contributed by atoms with Crippen LogP contribution in [0, 0.1) is 0 Å². The van der Waals surface area contributed by atoms with Crippen LogP contribution in [0.2, 0.25) is 0 Å². The van der Waals surface area contributed by atoms with Gasteiger partial charge in [0, 0.05) is 17.8 Å². The zero-order valence-corrected chi connectivity index (χ0v) is 15.0. The van der Waals surface area contributed by atoms with E-state index in [0.717, 1.165) is 0 Å². The second-order valence-electron chi connectivity index (χ2n) is 5.67. The summed E-state index contributed by atoms with van der Waals surface area (Å²) in [6.07, 6.45) is 2.71. The second kappa shape index (κ2) is 8.72. The minimum atomic E-state index is -0.669. The van der Waals surface area contributed by atoms with E-state index < -0.39 is 24.5 Å². The third-order valence-electron chi connectivity index (χ3n) is 3.75. The summed E-state index contributed by atoms with van der Waals surface area (Å²) >= 11 is 0. The number of carbonyl (C=O) groups excluding carboxylic acids is 3. The summed E-state index contributed by atoms with van der Waals surface area (Å²) in [6, 6.07) is 11.4. The summed E-state index contributed by atoms with van der Waals surface area (Å²) < 4.78 is 19.9. The fourth-order valence-electron chi connectivity index (χ4n) is 2.37. The number of amides is 1. The quantitative estimate of drug-likeness (QED) is 0.604. The lowest BCUT2D eigenvalue weighted by atomic mass is 10.1. The fraction of sp³-hybridized carbons (Fsp3) is 0.150. The Kier molecular flexibility index (Phi) is 5.91. The maximum Gasteiger partial charge on any atom is 0.337 e. The molecule has 8 nitrogen and oxygen atoms in total. The van der Waals surface area contributed by atoms with Crippen LogP contribution in [0.1, 0.15) is 15.9 Å². The average molecular weight is 383 g/mol. The Bertz CT molecular complexity index is 919. The maximum atomic E-state index is 11.9. The van der Waals surface area contributed by atoms with E-state index >= 15 is 0 Å². The molecule has 0 saturated heterocycles. The van der Waals surface area contributed by atoms with Crippen molar-refractivity contribution in [3.8, 4) is 11.5 Å². The van der Waals surface area contributed by atoms with E-state index in [-0.39, 0.29) is 6.79 Å². The molecule has 1 N–H and O–H groups in total. The minimum Gasteiger partial charge on any atom is -0.465 e. The molecule has 0 spiro atoms. The van der Waals surface area contributed by atoms with Gasteiger partial charge in [-0.2, -0.15) is 0 Å². The molecule has 0 aliphatic carbocycles. The molecule has 8 heteroatoms. The van der Waals surface area contributed by atoms with Crippen molar-refractivity contribution in [1.29, 1.82) is 0 Å². The topological polar surface area (TPSA) is 100 Å². The molecule has 1 aliphatic rings. The van der Waals surface area contributed by atoms with E-state index in [4.69, 9.17) is 14.2 Å². The van der Waals surface area contributed by atoms with Gasteiger partial charge in [0.25, 0.3) is 5.91 Å². The lowest BCUT2D eigenvalue weighted by Gasteiger charge is -2.06. The number of esters is 2. The van der Waals surface area contributed by atoms with Gasteiger partial charge in [0.1, 0.15) is 0 Å². The third-order valence-corrected chi connectivity index (χ3v) is 3.75. The summed E-state index contributed by atoms with van der Waals surface area (Å²) in [6.45, 7) is -0.291. The van der Waals surface area contributed by atoms with Gasteiger partial charge in [0.05, 0.1) is 12.7 Å². The van der Waals surface area contributed by atoms with Crippen molar-refractivity contribution in [2.45, 2.75) is 0 Å². The normalized spacial score (nSPS) is 11.9. The van der Waals surface area contributed by atoms with Crippen LogP contribution in [0.3, 0.4) is 0 Å². The van der Waals surface area contributed by atoms with Crippen molar-refractivity contribution in [3.05, 3.63) is 59.7 Å². The molecule has 1 aliphatic heterocycles. The standard InChI is InChI=1S/C20H17NO7/c1-25-20(24)14-5-2-13(3-6-14)4-9-19(23)26-11-18(22)21-15-7-8-16-17(10-15)28-12-27-16/h2-10H,11-12H2,1H3,(H,21,22)/b9-4+. The van der Waals surface area contributed by atoms with Crippen LogP contribution in [0.25, 0.3) is 6.08 Å². The van der Waals surface area contributed by atoms with Gasteiger partial charge >= 0.3 is 11.9 Å². The highest BCUT2D eigenvalue weighted by atomic mass is 16.7. The van der Waals surface area contributed by atoms with Gasteiger partial charge in [-0.3, -0.25) is 4.79 Å². The zero-order chi connectivity index (χ0) is 19.9. The zero-order valence-electron chi connectivity index (χ0n) is 15.0. The summed E-state index contributed by atoms with van der Waals surface area (Å²) in [5.74, 6) is -0.450. The van der Waals surface area contributed by atoms with Crippen LogP contribution >= 0.6 is 0 Å². The van der Waals surface area contributed by atoms with Crippen molar-refractivity contribution in [2.75, 3.05) is 25.8 Å². The molecule has 0 saturated carbocycles. The van der Waals surface area contributed by atoms with Gasteiger partial charge < -0.3 is 24.3 Å². The first-order valence-corrected chi connectivity index (χ1v) is 8.28. The van der Waals surface area contributed by atoms with Gasteiger partial charge in [-0.1, -0.05) is 12.1 Å². The van der Waals surface area contributed by atoms with E-state index in [2.05, 4.69) is 10.1 Å². The van der Waals surface area contributed by atoms with Gasteiger partial charge in [-0.25, -0.2) is 9.59 Å². The Hall–Kier alpha value is -3.81. The third kappa shape index (κ3) is 4.88. The van der Waals surface area contributed by atoms with Crippen molar-refractivity contribution < 1.29 is 33.3 Å². The van der Waals surface area contributed by atoms with Gasteiger partial charge in [0.15, 0.2) is 18.1 Å². The van der Waals surface area contributed by atoms with Crippen LogP contribution in [0.4, 0.5) is 5.69 Å². The molecule has 28 heavy (non-hydrogen) atoms. The second-order valence-corrected chi connectivity index (χ2v) is 5.67. The molecule has 1 heterocycles. The van der Waals surface area contributed by atoms with Crippen LogP contribution in [-0.4, -0.2) is 38.4 Å². The number of rotatable bonds is 6. The average Bonchev–Trinajstić information content (AvgIpc) is 3.18. The van der Waals surface area contributed by atoms with Crippen LogP contribution in [-0.2, 0) is 19.1 Å². The lowest BCUT2D eigenvalue weighted by molar-refractivity contribution is -0.142. The molecule has 0 radical (unpaired) electrons. The molecular formula is C20H17NO7. The highest BCUT2D eigenvalue weighted by Gasteiger charge is 2.14. The smallest absolute Gasteiger partial charge is 0.337 e. The van der Waals surface area contributed by atoms with Crippen LogP contribution in [0.15, 0.2) is 48.5 Å². The van der Waals surface area contributed by atoms with E-state index in [1.807, 2.05) is 0 Å². The summed E-state index contributed by atoms with van der Waals surface area (Å²) in [7, 11) is 1.30. The predicted molar refractivity (Wildman–Crippen MR) is 99.0 cm³/mol. The molecule has 0 fully saturated rings. The first-order chi connectivity index (χ1) is 13.5. The van der Waals surface area contributed by atoms with E-state index in [1.54, 1.807) is 42.5 Å². The van der Waals surface area contributed by atoms with Crippen molar-refractivity contribution in [2.24, 2.45) is 0 Å². The molecule has 0 bridgehead atoms. The fourth-order valence-corrected chi connectivity index (χ4v) is 2.37. The van der Waals surface area contributed by atoms with E-state index in [1.165, 1.54) is 19.3 Å². The molecule has 1 amide bonds. The monoisotopic (exact) mass is 383 g/mol. The number of hydrogen-bond donors (Lipinski definition) is 1. The van der Waals surface area contributed by atoms with Gasteiger partial charge in [-0.05, 0) is 35.9 Å². The van der Waals surface area contributed by atoms with Crippen LogP contribution in [0.5, 0.6) is 11.5 Å². The Morgan fingerprint density at radius 1 is 1.07 bits per heavy atom. The maximum absolute atomic E-state index is 11.9. The molecule has 144 valence electrons. The Morgan fingerprint density at radius 3 is 2.57 bits per heavy atom. The lowest BCUT2D eigenvalue weighted by Crippen LogP contribution is -2.20. The summed E-state index contributed by atoms with van der Waals surface area (Å²) in [5, 5.41) is 2.60. The predicted octanol–water partition coefficient (Wildman–Crippen LogP) is 2.40.